The van der Waals surface area contributed by atoms with Crippen molar-refractivity contribution in [3.8, 4) is 5.75 Å². The molecule has 0 bridgehead atoms. The average Bonchev–Trinajstić information content (AvgIpc) is 2.99. The van der Waals surface area contributed by atoms with Crippen LogP contribution in [0.4, 0.5) is 11.4 Å². The number of aliphatic carboxylic acids is 2. The maximum absolute atomic E-state index is 12.3. The van der Waals surface area contributed by atoms with E-state index in [9.17, 15) is 19.5 Å². The first-order valence-corrected chi connectivity index (χ1v) is 14.7. The van der Waals surface area contributed by atoms with Gasteiger partial charge in [-0.25, -0.2) is 9.59 Å². The Morgan fingerprint density at radius 2 is 1.51 bits per heavy atom. The molecule has 0 saturated carbocycles. The second-order valence-corrected chi connectivity index (χ2v) is 10.6. The predicted molar refractivity (Wildman–Crippen MR) is 168 cm³/mol. The van der Waals surface area contributed by atoms with E-state index in [1.807, 2.05) is 38.1 Å². The van der Waals surface area contributed by atoms with Gasteiger partial charge >= 0.3 is 11.9 Å². The van der Waals surface area contributed by atoms with Crippen LogP contribution >= 0.6 is 0 Å². The summed E-state index contributed by atoms with van der Waals surface area (Å²) >= 11 is 0. The van der Waals surface area contributed by atoms with E-state index >= 15 is 0 Å². The molecule has 1 aliphatic heterocycles. The van der Waals surface area contributed by atoms with Gasteiger partial charge in [0.25, 0.3) is 0 Å². The van der Waals surface area contributed by atoms with Crippen molar-refractivity contribution in [3.63, 3.8) is 0 Å². The zero-order valence-corrected chi connectivity index (χ0v) is 25.2. The van der Waals surface area contributed by atoms with Gasteiger partial charge in [0.1, 0.15) is 18.5 Å². The van der Waals surface area contributed by atoms with Crippen LogP contribution in [0.5, 0.6) is 5.75 Å². The van der Waals surface area contributed by atoms with E-state index in [2.05, 4.69) is 50.8 Å². The van der Waals surface area contributed by atoms with Crippen LogP contribution in [0.25, 0.3) is 0 Å². The van der Waals surface area contributed by atoms with Gasteiger partial charge in [-0.2, -0.15) is 0 Å². The highest BCUT2D eigenvalue weighted by Gasteiger charge is 2.16. The number of piperazine rings is 1. The van der Waals surface area contributed by atoms with Crippen LogP contribution in [0.3, 0.4) is 0 Å². The van der Waals surface area contributed by atoms with Gasteiger partial charge < -0.3 is 35.6 Å². The third kappa shape index (κ3) is 16.3. The molecule has 43 heavy (non-hydrogen) atoms. The van der Waals surface area contributed by atoms with Crippen LogP contribution in [0.15, 0.2) is 66.7 Å². The number of hydrogen-bond acceptors (Lipinski definition) is 8. The predicted octanol–water partition coefficient (Wildman–Crippen LogP) is 3.46. The van der Waals surface area contributed by atoms with Crippen LogP contribution in [0, 0.1) is 0 Å². The van der Waals surface area contributed by atoms with Crippen LogP contribution in [-0.2, 0) is 14.4 Å². The van der Waals surface area contributed by atoms with Crippen molar-refractivity contribution in [2.45, 2.75) is 51.7 Å². The largest absolute Gasteiger partial charge is 0.491 e. The summed E-state index contributed by atoms with van der Waals surface area (Å²) in [5.41, 5.74) is 2.08. The van der Waals surface area contributed by atoms with Crippen molar-refractivity contribution in [1.82, 2.24) is 10.2 Å². The van der Waals surface area contributed by atoms with Gasteiger partial charge in [0.2, 0.25) is 5.91 Å². The van der Waals surface area contributed by atoms with Crippen molar-refractivity contribution >= 4 is 29.2 Å². The molecule has 0 spiro atoms. The summed E-state index contributed by atoms with van der Waals surface area (Å²) in [6.45, 7) is 10.3. The van der Waals surface area contributed by atoms with Gasteiger partial charge in [0, 0.05) is 68.7 Å². The van der Waals surface area contributed by atoms with Gasteiger partial charge in [0.15, 0.2) is 0 Å². The molecule has 0 aliphatic carbocycles. The van der Waals surface area contributed by atoms with Crippen molar-refractivity contribution < 1.29 is 34.4 Å². The van der Waals surface area contributed by atoms with E-state index in [0.717, 1.165) is 57.7 Å². The molecular weight excluding hydrogens is 552 g/mol. The third-order valence-corrected chi connectivity index (χ3v) is 6.58. The molecule has 1 fully saturated rings. The summed E-state index contributed by atoms with van der Waals surface area (Å²) in [5, 5.41) is 31.7. The van der Waals surface area contributed by atoms with E-state index in [4.69, 9.17) is 14.9 Å². The molecule has 0 unspecified atom stereocenters. The fourth-order valence-corrected chi connectivity index (χ4v) is 4.29. The van der Waals surface area contributed by atoms with Gasteiger partial charge in [-0.15, -0.1) is 0 Å². The van der Waals surface area contributed by atoms with E-state index in [1.165, 1.54) is 5.69 Å². The van der Waals surface area contributed by atoms with Crippen LogP contribution in [-0.4, -0.2) is 96.1 Å². The number of hydrogen-bond donors (Lipinski definition) is 5. The third-order valence-electron chi connectivity index (χ3n) is 6.58. The monoisotopic (exact) mass is 598 g/mol. The van der Waals surface area contributed by atoms with Gasteiger partial charge in [-0.3, -0.25) is 9.69 Å². The average molecular weight is 599 g/mol. The number of carboxylic acid groups (broad SMARTS) is 2. The topological polar surface area (TPSA) is 152 Å². The molecule has 1 aliphatic rings. The van der Waals surface area contributed by atoms with E-state index in [-0.39, 0.29) is 12.5 Å². The molecule has 11 nitrogen and oxygen atoms in total. The number of nitrogens with one attached hydrogen (secondary N) is 2. The zero-order valence-electron chi connectivity index (χ0n) is 25.2. The Hall–Kier alpha value is -3.93. The Balaban J connectivity index is 0.000000708. The van der Waals surface area contributed by atoms with Crippen molar-refractivity contribution in [2.24, 2.45) is 0 Å². The van der Waals surface area contributed by atoms with E-state index < -0.39 is 18.0 Å². The van der Waals surface area contributed by atoms with E-state index in [1.54, 1.807) is 0 Å². The minimum absolute atomic E-state index is 0.0466. The smallest absolute Gasteiger partial charge is 0.328 e. The quantitative estimate of drug-likeness (QED) is 0.144. The maximum atomic E-state index is 12.3. The van der Waals surface area contributed by atoms with Gasteiger partial charge in [-0.1, -0.05) is 38.5 Å². The molecule has 5 N–H and O–H groups in total. The lowest BCUT2D eigenvalue weighted by Gasteiger charge is -2.36. The van der Waals surface area contributed by atoms with Crippen LogP contribution in [0.1, 0.15) is 39.5 Å². The fourth-order valence-electron chi connectivity index (χ4n) is 4.29. The number of unbranched alkanes of at least 4 members (excludes halogenated alkanes) is 2. The lowest BCUT2D eigenvalue weighted by molar-refractivity contribution is -0.134. The number of carbonyl (C=O) groups is 3. The highest BCUT2D eigenvalue weighted by atomic mass is 16.5. The molecule has 0 aromatic heterocycles. The number of carboxylic acids is 2. The highest BCUT2D eigenvalue weighted by molar-refractivity contribution is 5.90. The maximum Gasteiger partial charge on any atom is 0.328 e. The summed E-state index contributed by atoms with van der Waals surface area (Å²) < 4.78 is 5.62. The summed E-state index contributed by atoms with van der Waals surface area (Å²) in [6, 6.07) is 18.3. The van der Waals surface area contributed by atoms with Crippen LogP contribution < -0.4 is 20.3 Å². The Kier molecular flexibility index (Phi) is 16.5. The molecule has 1 heterocycles. The van der Waals surface area contributed by atoms with Crippen molar-refractivity contribution in [1.29, 1.82) is 0 Å². The van der Waals surface area contributed by atoms with Crippen LogP contribution in [0.2, 0.25) is 0 Å². The second-order valence-electron chi connectivity index (χ2n) is 10.6. The summed E-state index contributed by atoms with van der Waals surface area (Å²) in [6.07, 6.45) is 4.19. The lowest BCUT2D eigenvalue weighted by Crippen LogP contribution is -2.46. The molecule has 3 rings (SSSR count). The minimum atomic E-state index is -1.26. The number of nitrogens with zero attached hydrogens (tertiary/aromatic N) is 2. The zero-order chi connectivity index (χ0) is 31.5. The number of para-hydroxylation sites is 1. The molecule has 236 valence electrons. The molecule has 1 amide bonds. The molecule has 1 saturated heterocycles. The number of anilines is 2. The standard InChI is InChI=1S/C28H42N4O3.C4H4O4/c1-23(2)29-21-26(33)22-35-27-14-12-24(13-15-27)30-28(34)11-7-4-8-16-31-17-19-32(20-18-31)25-9-5-3-6-10-25;5-3(6)1-2-4(7)8/h3,5-6,9-10,12-15,23,26,29,33H,4,7-8,11,16-22H2,1-2H3,(H,30,34);1-2H,(H,5,6)(H,7,8)/b;2-1-/t26-;/m1./s1. The number of aliphatic hydroxyl groups is 1. The Labute approximate surface area is 254 Å². The number of carbonyl (C=O) groups excluding carboxylic acids is 1. The normalized spacial score (nSPS) is 14.2. The number of rotatable bonds is 16. The Morgan fingerprint density at radius 3 is 2.09 bits per heavy atom. The number of ether oxygens (including phenoxy) is 1. The molecule has 1 atom stereocenters. The Bertz CT molecular complexity index is 1100. The molecule has 0 radical (unpaired) electrons. The molecular formula is C32H46N4O7. The SMILES string of the molecule is CC(C)NC[C@@H](O)COc1ccc(NC(=O)CCCCCN2CCN(c3ccccc3)CC2)cc1.O=C(O)/C=C\C(=O)O. The van der Waals surface area contributed by atoms with Gasteiger partial charge in [0.05, 0.1) is 0 Å². The molecule has 11 heteroatoms. The minimum Gasteiger partial charge on any atom is -0.491 e. The number of aliphatic hydroxyl groups excluding tert-OH is 1. The first-order valence-electron chi connectivity index (χ1n) is 14.7. The number of benzene rings is 2. The van der Waals surface area contributed by atoms with Gasteiger partial charge in [-0.05, 0) is 55.8 Å². The van der Waals surface area contributed by atoms with Crippen molar-refractivity contribution in [3.05, 3.63) is 66.7 Å². The molecule has 2 aromatic rings. The first-order chi connectivity index (χ1) is 20.6. The summed E-state index contributed by atoms with van der Waals surface area (Å²) in [5.74, 6) is -1.79. The summed E-state index contributed by atoms with van der Waals surface area (Å²) in [7, 11) is 0. The van der Waals surface area contributed by atoms with Crippen molar-refractivity contribution in [2.75, 3.05) is 56.1 Å². The second kappa shape index (κ2) is 20.1. The Morgan fingerprint density at radius 1 is 0.884 bits per heavy atom. The first kappa shape index (κ1) is 35.3. The summed E-state index contributed by atoms with van der Waals surface area (Å²) in [4.78, 5) is 36.4. The molecule has 2 aromatic carbocycles. The lowest BCUT2D eigenvalue weighted by atomic mass is 10.1. The fraction of sp³-hybridized carbons (Fsp3) is 0.469. The number of amides is 1. The van der Waals surface area contributed by atoms with E-state index in [0.29, 0.717) is 36.9 Å². The highest BCUT2D eigenvalue weighted by Crippen LogP contribution is 2.17.